The quantitative estimate of drug-likeness (QED) is 0.843. The first-order valence-electron chi connectivity index (χ1n) is 6.90. The Bertz CT molecular complexity index is 566. The first-order chi connectivity index (χ1) is 9.74. The van der Waals surface area contributed by atoms with Gasteiger partial charge in [0.1, 0.15) is 0 Å². The van der Waals surface area contributed by atoms with Gasteiger partial charge in [0.05, 0.1) is 11.4 Å². The molecule has 0 saturated heterocycles. The smallest absolute Gasteiger partial charge is 0.416 e. The number of benzene rings is 2. The highest BCUT2D eigenvalue weighted by Crippen LogP contribution is 2.29. The Morgan fingerprint density at radius 2 is 1.70 bits per heavy atom. The molecule has 0 aliphatic heterocycles. The molecule has 104 valence electrons. The van der Waals surface area contributed by atoms with Crippen molar-refractivity contribution < 1.29 is 9.90 Å². The molecule has 0 saturated carbocycles. The topological polar surface area (TPSA) is 40.5 Å². The normalized spacial score (nSPS) is 10.2. The van der Waals surface area contributed by atoms with Gasteiger partial charge in [-0.25, -0.2) is 9.69 Å². The Balaban J connectivity index is 2.42. The number of carboxylic acid groups (broad SMARTS) is 1. The lowest BCUT2D eigenvalue weighted by Crippen LogP contribution is -2.24. The predicted molar refractivity (Wildman–Crippen MR) is 81.7 cm³/mol. The molecule has 0 fully saturated rings. The summed E-state index contributed by atoms with van der Waals surface area (Å²) >= 11 is 0. The van der Waals surface area contributed by atoms with E-state index in [1.807, 2.05) is 54.6 Å². The van der Waals surface area contributed by atoms with E-state index in [0.29, 0.717) is 5.69 Å². The molecule has 0 aromatic heterocycles. The van der Waals surface area contributed by atoms with Gasteiger partial charge in [-0.1, -0.05) is 49.7 Å². The number of amides is 1. The van der Waals surface area contributed by atoms with Crippen LogP contribution >= 0.6 is 0 Å². The Morgan fingerprint density at radius 1 is 1.05 bits per heavy atom. The van der Waals surface area contributed by atoms with Crippen molar-refractivity contribution in [2.75, 3.05) is 4.90 Å². The van der Waals surface area contributed by atoms with E-state index in [1.54, 1.807) is 0 Å². The number of para-hydroxylation sites is 2. The lowest BCUT2D eigenvalue weighted by Gasteiger charge is -2.22. The van der Waals surface area contributed by atoms with Gasteiger partial charge < -0.3 is 5.11 Å². The SMILES string of the molecule is CCCCc1ccccc1N(C(=O)O)c1ccccc1. The van der Waals surface area contributed by atoms with Crippen molar-refractivity contribution in [3.05, 3.63) is 60.2 Å². The average molecular weight is 269 g/mol. The molecule has 2 aromatic carbocycles. The molecule has 20 heavy (non-hydrogen) atoms. The van der Waals surface area contributed by atoms with Gasteiger partial charge in [0.25, 0.3) is 0 Å². The predicted octanol–water partition coefficient (Wildman–Crippen LogP) is 4.85. The van der Waals surface area contributed by atoms with Crippen LogP contribution in [0.2, 0.25) is 0 Å². The molecule has 0 unspecified atom stereocenters. The first kappa shape index (κ1) is 14.1. The van der Waals surface area contributed by atoms with Gasteiger partial charge in [-0.3, -0.25) is 0 Å². The van der Waals surface area contributed by atoms with Gasteiger partial charge in [-0.2, -0.15) is 0 Å². The zero-order valence-electron chi connectivity index (χ0n) is 11.6. The summed E-state index contributed by atoms with van der Waals surface area (Å²) < 4.78 is 0. The minimum absolute atomic E-state index is 0.670. The van der Waals surface area contributed by atoms with E-state index < -0.39 is 6.09 Å². The fraction of sp³-hybridized carbons (Fsp3) is 0.235. The van der Waals surface area contributed by atoms with E-state index in [0.717, 1.165) is 30.5 Å². The molecule has 2 aromatic rings. The van der Waals surface area contributed by atoms with Gasteiger partial charge in [0.15, 0.2) is 0 Å². The molecule has 0 atom stereocenters. The second-order valence-corrected chi connectivity index (χ2v) is 4.69. The third-order valence-electron chi connectivity index (χ3n) is 3.24. The second-order valence-electron chi connectivity index (χ2n) is 4.69. The maximum Gasteiger partial charge on any atom is 0.416 e. The molecular weight excluding hydrogens is 250 g/mol. The molecule has 0 heterocycles. The number of anilines is 2. The van der Waals surface area contributed by atoms with Crippen LogP contribution in [-0.4, -0.2) is 11.2 Å². The molecule has 0 aliphatic carbocycles. The van der Waals surface area contributed by atoms with Gasteiger partial charge in [-0.05, 0) is 36.6 Å². The summed E-state index contributed by atoms with van der Waals surface area (Å²) in [5.41, 5.74) is 2.49. The maximum absolute atomic E-state index is 11.7. The highest BCUT2D eigenvalue weighted by molar-refractivity contribution is 5.95. The van der Waals surface area contributed by atoms with Gasteiger partial charge in [0.2, 0.25) is 0 Å². The zero-order valence-corrected chi connectivity index (χ0v) is 11.6. The van der Waals surface area contributed by atoms with Gasteiger partial charge >= 0.3 is 6.09 Å². The lowest BCUT2D eigenvalue weighted by atomic mass is 10.1. The van der Waals surface area contributed by atoms with E-state index in [9.17, 15) is 9.90 Å². The summed E-state index contributed by atoms with van der Waals surface area (Å²) in [6.45, 7) is 2.13. The summed E-state index contributed by atoms with van der Waals surface area (Å²) in [6.07, 6.45) is 2.08. The monoisotopic (exact) mass is 269 g/mol. The fourth-order valence-electron chi connectivity index (χ4n) is 2.24. The second kappa shape index (κ2) is 6.75. The van der Waals surface area contributed by atoms with Crippen molar-refractivity contribution in [3.8, 4) is 0 Å². The van der Waals surface area contributed by atoms with Crippen LogP contribution in [0.3, 0.4) is 0 Å². The van der Waals surface area contributed by atoms with E-state index in [2.05, 4.69) is 6.92 Å². The van der Waals surface area contributed by atoms with Gasteiger partial charge in [-0.15, -0.1) is 0 Å². The van der Waals surface area contributed by atoms with Crippen LogP contribution in [0.5, 0.6) is 0 Å². The van der Waals surface area contributed by atoms with Crippen molar-refractivity contribution in [1.29, 1.82) is 0 Å². The maximum atomic E-state index is 11.7. The number of unbranched alkanes of at least 4 members (excludes halogenated alkanes) is 1. The minimum Gasteiger partial charge on any atom is -0.464 e. The molecule has 1 amide bonds. The third-order valence-corrected chi connectivity index (χ3v) is 3.24. The highest BCUT2D eigenvalue weighted by atomic mass is 16.4. The summed E-state index contributed by atoms with van der Waals surface area (Å²) in [5.74, 6) is 0. The molecule has 0 aliphatic rings. The number of hydrogen-bond donors (Lipinski definition) is 1. The molecule has 2 rings (SSSR count). The Kier molecular flexibility index (Phi) is 4.77. The first-order valence-corrected chi connectivity index (χ1v) is 6.90. The van der Waals surface area contributed by atoms with Crippen LogP contribution in [0.4, 0.5) is 16.2 Å². The van der Waals surface area contributed by atoms with Crippen LogP contribution in [0.1, 0.15) is 25.3 Å². The molecule has 0 spiro atoms. The van der Waals surface area contributed by atoms with Crippen molar-refractivity contribution in [2.24, 2.45) is 0 Å². The van der Waals surface area contributed by atoms with Crippen LogP contribution in [-0.2, 0) is 6.42 Å². The Labute approximate surface area is 119 Å². The van der Waals surface area contributed by atoms with Crippen molar-refractivity contribution in [3.63, 3.8) is 0 Å². The van der Waals surface area contributed by atoms with Crippen molar-refractivity contribution in [1.82, 2.24) is 0 Å². The summed E-state index contributed by atoms with van der Waals surface area (Å²) in [7, 11) is 0. The number of carbonyl (C=O) groups is 1. The van der Waals surface area contributed by atoms with E-state index in [4.69, 9.17) is 0 Å². The van der Waals surface area contributed by atoms with E-state index in [1.165, 1.54) is 4.90 Å². The Morgan fingerprint density at radius 3 is 2.35 bits per heavy atom. The van der Waals surface area contributed by atoms with Gasteiger partial charge in [0, 0.05) is 0 Å². The van der Waals surface area contributed by atoms with E-state index >= 15 is 0 Å². The highest BCUT2D eigenvalue weighted by Gasteiger charge is 2.19. The van der Waals surface area contributed by atoms with Crippen LogP contribution < -0.4 is 4.90 Å². The molecular formula is C17H19NO2. The fourth-order valence-corrected chi connectivity index (χ4v) is 2.24. The van der Waals surface area contributed by atoms with Crippen LogP contribution in [0, 0.1) is 0 Å². The summed E-state index contributed by atoms with van der Waals surface area (Å²) in [4.78, 5) is 13.0. The number of nitrogens with zero attached hydrogens (tertiary/aromatic N) is 1. The lowest BCUT2D eigenvalue weighted by molar-refractivity contribution is 0.204. The Hall–Kier alpha value is -2.29. The number of hydrogen-bond acceptors (Lipinski definition) is 1. The third kappa shape index (κ3) is 3.18. The zero-order chi connectivity index (χ0) is 14.4. The standard InChI is InChI=1S/C17H19NO2/c1-2-3-9-14-10-7-8-13-16(14)18(17(19)20)15-11-5-4-6-12-15/h4-8,10-13H,2-3,9H2,1H3,(H,19,20). The summed E-state index contributed by atoms with van der Waals surface area (Å²) in [6, 6.07) is 16.9. The van der Waals surface area contributed by atoms with Crippen molar-refractivity contribution >= 4 is 17.5 Å². The van der Waals surface area contributed by atoms with Crippen LogP contribution in [0.15, 0.2) is 54.6 Å². The van der Waals surface area contributed by atoms with E-state index in [-0.39, 0.29) is 0 Å². The average Bonchev–Trinajstić information content (AvgIpc) is 2.47. The number of aryl methyl sites for hydroxylation is 1. The molecule has 0 bridgehead atoms. The molecule has 1 N–H and O–H groups in total. The summed E-state index contributed by atoms with van der Waals surface area (Å²) in [5, 5.41) is 9.56. The number of rotatable bonds is 5. The molecule has 0 radical (unpaired) electrons. The minimum atomic E-state index is -0.958. The molecule has 3 nitrogen and oxygen atoms in total. The van der Waals surface area contributed by atoms with Crippen LogP contribution in [0.25, 0.3) is 0 Å². The largest absolute Gasteiger partial charge is 0.464 e. The van der Waals surface area contributed by atoms with Crippen molar-refractivity contribution in [2.45, 2.75) is 26.2 Å². The molecule has 3 heteroatoms.